The van der Waals surface area contributed by atoms with Crippen LogP contribution in [0.4, 0.5) is 0 Å². The lowest BCUT2D eigenvalue weighted by molar-refractivity contribution is -0.129. The fourth-order valence-corrected chi connectivity index (χ4v) is 3.08. The number of aromatic hydroxyl groups is 1. The Bertz CT molecular complexity index is 457. The zero-order valence-corrected chi connectivity index (χ0v) is 10.3. The van der Waals surface area contributed by atoms with Crippen molar-refractivity contribution < 1.29 is 9.90 Å². The molecular weight excluding hydrogens is 228 g/mol. The summed E-state index contributed by atoms with van der Waals surface area (Å²) < 4.78 is 0. The van der Waals surface area contributed by atoms with Gasteiger partial charge in [0, 0.05) is 12.6 Å². The molecule has 2 heterocycles. The second-order valence-corrected chi connectivity index (χ2v) is 5.27. The third-order valence-corrected chi connectivity index (χ3v) is 4.11. The molecule has 1 aromatic carbocycles. The van der Waals surface area contributed by atoms with Crippen molar-refractivity contribution in [3.63, 3.8) is 0 Å². The highest BCUT2D eigenvalue weighted by molar-refractivity contribution is 5.87. The Labute approximate surface area is 106 Å². The molecule has 1 unspecified atom stereocenters. The normalized spacial score (nSPS) is 31.6. The molecule has 0 radical (unpaired) electrons. The Kier molecular flexibility index (Phi) is 2.74. The van der Waals surface area contributed by atoms with Gasteiger partial charge < -0.3 is 10.4 Å². The summed E-state index contributed by atoms with van der Waals surface area (Å²) in [4.78, 5) is 12.0. The van der Waals surface area contributed by atoms with E-state index in [0.717, 1.165) is 37.8 Å². The molecule has 4 heteroatoms. The number of phenols is 1. The monoisotopic (exact) mass is 246 g/mol. The summed E-state index contributed by atoms with van der Waals surface area (Å²) >= 11 is 0. The highest BCUT2D eigenvalue weighted by Crippen LogP contribution is 2.37. The van der Waals surface area contributed by atoms with E-state index in [-0.39, 0.29) is 23.2 Å². The number of carbonyl (C=O) groups excluding carboxylic acids is 1. The van der Waals surface area contributed by atoms with Gasteiger partial charge in [0.2, 0.25) is 5.91 Å². The van der Waals surface area contributed by atoms with Gasteiger partial charge in [0.1, 0.15) is 5.75 Å². The number of hydrogen-bond donors (Lipinski definition) is 3. The van der Waals surface area contributed by atoms with Crippen molar-refractivity contribution in [1.29, 1.82) is 0 Å². The predicted octanol–water partition coefficient (Wildman–Crippen LogP) is 1.47. The van der Waals surface area contributed by atoms with Crippen molar-refractivity contribution in [3.8, 4) is 5.75 Å². The topological polar surface area (TPSA) is 61.4 Å². The van der Waals surface area contributed by atoms with Gasteiger partial charge in [-0.2, -0.15) is 0 Å². The van der Waals surface area contributed by atoms with E-state index in [1.807, 2.05) is 12.1 Å². The van der Waals surface area contributed by atoms with Crippen molar-refractivity contribution in [2.24, 2.45) is 0 Å². The number of hydrogen-bond acceptors (Lipinski definition) is 3. The first-order valence-corrected chi connectivity index (χ1v) is 6.55. The lowest BCUT2D eigenvalue weighted by atomic mass is 9.88. The van der Waals surface area contributed by atoms with E-state index in [1.165, 1.54) is 0 Å². The molecule has 1 amide bonds. The second-order valence-electron chi connectivity index (χ2n) is 5.27. The van der Waals surface area contributed by atoms with Crippen LogP contribution in [0.3, 0.4) is 0 Å². The molecule has 1 spiro atoms. The molecule has 3 rings (SSSR count). The summed E-state index contributed by atoms with van der Waals surface area (Å²) in [5, 5.41) is 15.8. The molecule has 2 aliphatic heterocycles. The van der Waals surface area contributed by atoms with Crippen LogP contribution in [0, 0.1) is 0 Å². The molecule has 0 saturated carbocycles. The lowest BCUT2D eigenvalue weighted by Gasteiger charge is -2.33. The fourth-order valence-electron chi connectivity index (χ4n) is 3.08. The van der Waals surface area contributed by atoms with E-state index in [2.05, 4.69) is 10.6 Å². The largest absolute Gasteiger partial charge is 0.508 e. The zero-order valence-electron chi connectivity index (χ0n) is 10.3. The van der Waals surface area contributed by atoms with Gasteiger partial charge in [0.05, 0.1) is 5.54 Å². The van der Waals surface area contributed by atoms with Crippen molar-refractivity contribution >= 4 is 5.91 Å². The SMILES string of the molecule is O=C1NCCC[C@]12CCC(c1ccc(O)cc1)N2. The number of benzene rings is 1. The summed E-state index contributed by atoms with van der Waals surface area (Å²) in [6, 6.07) is 7.46. The van der Waals surface area contributed by atoms with Gasteiger partial charge in [-0.3, -0.25) is 10.1 Å². The summed E-state index contributed by atoms with van der Waals surface area (Å²) in [6.45, 7) is 0.798. The number of carbonyl (C=O) groups is 1. The Morgan fingerprint density at radius 1 is 1.22 bits per heavy atom. The van der Waals surface area contributed by atoms with E-state index in [1.54, 1.807) is 12.1 Å². The first kappa shape index (κ1) is 11.5. The Balaban J connectivity index is 1.78. The lowest BCUT2D eigenvalue weighted by Crippen LogP contribution is -2.57. The second kappa shape index (κ2) is 4.28. The predicted molar refractivity (Wildman–Crippen MR) is 68.2 cm³/mol. The van der Waals surface area contributed by atoms with Gasteiger partial charge in [0.25, 0.3) is 0 Å². The van der Waals surface area contributed by atoms with Gasteiger partial charge in [0.15, 0.2) is 0 Å². The number of nitrogens with one attached hydrogen (secondary N) is 2. The molecular formula is C14H18N2O2. The van der Waals surface area contributed by atoms with E-state index in [9.17, 15) is 9.90 Å². The molecule has 0 aliphatic carbocycles. The average Bonchev–Trinajstić information content (AvgIpc) is 2.80. The summed E-state index contributed by atoms with van der Waals surface area (Å²) in [7, 11) is 0. The van der Waals surface area contributed by atoms with Crippen molar-refractivity contribution in [3.05, 3.63) is 29.8 Å². The van der Waals surface area contributed by atoms with Gasteiger partial charge in [-0.25, -0.2) is 0 Å². The van der Waals surface area contributed by atoms with Gasteiger partial charge in [-0.15, -0.1) is 0 Å². The van der Waals surface area contributed by atoms with E-state index >= 15 is 0 Å². The molecule has 4 nitrogen and oxygen atoms in total. The summed E-state index contributed by atoms with van der Waals surface area (Å²) in [5.74, 6) is 0.428. The molecule has 2 fully saturated rings. The van der Waals surface area contributed by atoms with Crippen LogP contribution in [0.15, 0.2) is 24.3 Å². The third-order valence-electron chi connectivity index (χ3n) is 4.11. The van der Waals surface area contributed by atoms with Crippen LogP contribution < -0.4 is 10.6 Å². The van der Waals surface area contributed by atoms with Crippen LogP contribution in [0.1, 0.15) is 37.3 Å². The minimum atomic E-state index is -0.360. The number of rotatable bonds is 1. The number of phenolic OH excluding ortho intramolecular Hbond substituents is 1. The first-order chi connectivity index (χ1) is 8.70. The van der Waals surface area contributed by atoms with Gasteiger partial charge in [-0.1, -0.05) is 12.1 Å². The Morgan fingerprint density at radius 2 is 2.00 bits per heavy atom. The highest BCUT2D eigenvalue weighted by Gasteiger charge is 2.45. The molecule has 96 valence electrons. The molecule has 2 atom stereocenters. The van der Waals surface area contributed by atoms with Crippen LogP contribution in [-0.2, 0) is 4.79 Å². The maximum atomic E-state index is 12.0. The highest BCUT2D eigenvalue weighted by atomic mass is 16.3. The zero-order chi connectivity index (χ0) is 12.6. The third kappa shape index (κ3) is 1.86. The maximum absolute atomic E-state index is 12.0. The molecule has 0 bridgehead atoms. The minimum absolute atomic E-state index is 0.148. The Hall–Kier alpha value is -1.55. The number of amides is 1. The first-order valence-electron chi connectivity index (χ1n) is 6.55. The fraction of sp³-hybridized carbons (Fsp3) is 0.500. The van der Waals surface area contributed by atoms with E-state index in [4.69, 9.17) is 0 Å². The maximum Gasteiger partial charge on any atom is 0.240 e. The van der Waals surface area contributed by atoms with Crippen LogP contribution >= 0.6 is 0 Å². The van der Waals surface area contributed by atoms with Crippen LogP contribution in [-0.4, -0.2) is 23.1 Å². The van der Waals surface area contributed by atoms with E-state index in [0.29, 0.717) is 0 Å². The minimum Gasteiger partial charge on any atom is -0.508 e. The van der Waals surface area contributed by atoms with Gasteiger partial charge in [-0.05, 0) is 43.4 Å². The molecule has 18 heavy (non-hydrogen) atoms. The van der Waals surface area contributed by atoms with E-state index < -0.39 is 0 Å². The van der Waals surface area contributed by atoms with Crippen molar-refractivity contribution in [2.75, 3.05) is 6.54 Å². The summed E-state index contributed by atoms with van der Waals surface area (Å²) in [5.41, 5.74) is 0.781. The molecule has 3 N–H and O–H groups in total. The molecule has 0 aromatic heterocycles. The van der Waals surface area contributed by atoms with Crippen LogP contribution in [0.25, 0.3) is 0 Å². The van der Waals surface area contributed by atoms with Crippen LogP contribution in [0.5, 0.6) is 5.75 Å². The standard InChI is InChI=1S/C14H18N2O2/c17-11-4-2-10(3-5-11)12-6-8-14(16-12)7-1-9-15-13(14)18/h2-5,12,16-17H,1,6-9H2,(H,15,18)/t12?,14-/m0/s1. The Morgan fingerprint density at radius 3 is 2.72 bits per heavy atom. The quantitative estimate of drug-likeness (QED) is 0.703. The molecule has 2 aliphatic rings. The average molecular weight is 246 g/mol. The van der Waals surface area contributed by atoms with Crippen molar-refractivity contribution in [1.82, 2.24) is 10.6 Å². The molecule has 1 aromatic rings. The summed E-state index contributed by atoms with van der Waals surface area (Å²) in [6.07, 6.45) is 3.83. The number of piperidine rings is 1. The van der Waals surface area contributed by atoms with Crippen molar-refractivity contribution in [2.45, 2.75) is 37.3 Å². The smallest absolute Gasteiger partial charge is 0.240 e. The van der Waals surface area contributed by atoms with Crippen LogP contribution in [0.2, 0.25) is 0 Å². The molecule has 2 saturated heterocycles. The van der Waals surface area contributed by atoms with Gasteiger partial charge >= 0.3 is 0 Å².